The van der Waals surface area contributed by atoms with Crippen molar-refractivity contribution in [2.45, 2.75) is 45.0 Å². The lowest BCUT2D eigenvalue weighted by Gasteiger charge is -2.14. The SMILES string of the molecule is O=C(Nc1cccc(C(=O)Nc2cccc(COCCOCCCCCCNC[C@H](O)c3ccc(O)c(CO)c3)c2)c1)c1cccnc1. The first-order valence-corrected chi connectivity index (χ1v) is 16.1. The van der Waals surface area contributed by atoms with Crippen molar-refractivity contribution >= 4 is 23.2 Å². The second-order valence-electron chi connectivity index (χ2n) is 11.3. The van der Waals surface area contributed by atoms with Crippen LogP contribution in [-0.2, 0) is 22.7 Å². The van der Waals surface area contributed by atoms with Gasteiger partial charge in [0.2, 0.25) is 0 Å². The number of carbonyl (C=O) groups excluding carboxylic acids is 2. The fourth-order valence-corrected chi connectivity index (χ4v) is 4.89. The van der Waals surface area contributed by atoms with Crippen LogP contribution in [0.5, 0.6) is 5.75 Å². The van der Waals surface area contributed by atoms with E-state index >= 15 is 0 Å². The van der Waals surface area contributed by atoms with Crippen LogP contribution in [0.15, 0.2) is 91.3 Å². The van der Waals surface area contributed by atoms with E-state index in [1.165, 1.54) is 12.3 Å². The van der Waals surface area contributed by atoms with E-state index in [-0.39, 0.29) is 24.2 Å². The maximum atomic E-state index is 12.9. The molecular weight excluding hydrogens is 612 g/mol. The Hall–Kier alpha value is -4.65. The van der Waals surface area contributed by atoms with E-state index in [4.69, 9.17) is 9.47 Å². The zero-order chi connectivity index (χ0) is 34.0. The van der Waals surface area contributed by atoms with Crippen LogP contribution >= 0.6 is 0 Å². The van der Waals surface area contributed by atoms with Crippen LogP contribution in [0.3, 0.4) is 0 Å². The molecule has 2 amide bonds. The zero-order valence-electron chi connectivity index (χ0n) is 26.9. The molecule has 4 rings (SSSR count). The van der Waals surface area contributed by atoms with Gasteiger partial charge in [-0.1, -0.05) is 37.1 Å². The molecule has 0 unspecified atom stereocenters. The smallest absolute Gasteiger partial charge is 0.257 e. The molecule has 48 heavy (non-hydrogen) atoms. The normalized spacial score (nSPS) is 11.6. The van der Waals surface area contributed by atoms with E-state index in [9.17, 15) is 24.9 Å². The number of ether oxygens (including phenoxy) is 2. The van der Waals surface area contributed by atoms with Gasteiger partial charge in [-0.25, -0.2) is 0 Å². The third-order valence-corrected chi connectivity index (χ3v) is 7.52. The fraction of sp³-hybridized carbons (Fsp3) is 0.324. The fourth-order valence-electron chi connectivity index (χ4n) is 4.89. The lowest BCUT2D eigenvalue weighted by Crippen LogP contribution is -2.22. The Morgan fingerprint density at radius 3 is 2.29 bits per heavy atom. The van der Waals surface area contributed by atoms with Crippen LogP contribution in [0.4, 0.5) is 11.4 Å². The van der Waals surface area contributed by atoms with Crippen molar-refractivity contribution in [1.82, 2.24) is 10.3 Å². The number of hydrogen-bond acceptors (Lipinski definition) is 9. The number of unbranched alkanes of at least 4 members (excludes halogenated alkanes) is 3. The largest absolute Gasteiger partial charge is 0.508 e. The number of phenols is 1. The van der Waals surface area contributed by atoms with Gasteiger partial charge < -0.3 is 40.7 Å². The second-order valence-corrected chi connectivity index (χ2v) is 11.3. The van der Waals surface area contributed by atoms with Gasteiger partial charge in [0.25, 0.3) is 11.8 Å². The van der Waals surface area contributed by atoms with E-state index in [0.29, 0.717) is 66.6 Å². The molecule has 6 N–H and O–H groups in total. The Morgan fingerprint density at radius 2 is 1.50 bits per heavy atom. The highest BCUT2D eigenvalue weighted by molar-refractivity contribution is 6.07. The molecular formula is C37H44N4O7. The molecule has 0 radical (unpaired) electrons. The van der Waals surface area contributed by atoms with E-state index in [1.807, 2.05) is 24.3 Å². The maximum Gasteiger partial charge on any atom is 0.257 e. The number of rotatable bonds is 20. The van der Waals surface area contributed by atoms with E-state index in [1.54, 1.807) is 54.7 Å². The summed E-state index contributed by atoms with van der Waals surface area (Å²) >= 11 is 0. The molecule has 254 valence electrons. The number of aromatic hydroxyl groups is 1. The summed E-state index contributed by atoms with van der Waals surface area (Å²) in [7, 11) is 0. The van der Waals surface area contributed by atoms with Crippen molar-refractivity contribution in [1.29, 1.82) is 0 Å². The molecule has 3 aromatic carbocycles. The summed E-state index contributed by atoms with van der Waals surface area (Å²) in [5.41, 5.74) is 3.97. The molecule has 11 heteroatoms. The molecule has 0 spiro atoms. The van der Waals surface area contributed by atoms with Gasteiger partial charge in [-0.15, -0.1) is 0 Å². The Bertz CT molecular complexity index is 1590. The Morgan fingerprint density at radius 1 is 0.771 bits per heavy atom. The molecule has 0 saturated heterocycles. The lowest BCUT2D eigenvalue weighted by atomic mass is 10.1. The van der Waals surface area contributed by atoms with Gasteiger partial charge in [0.1, 0.15) is 5.75 Å². The summed E-state index contributed by atoms with van der Waals surface area (Å²) < 4.78 is 11.5. The Labute approximate surface area is 281 Å². The van der Waals surface area contributed by atoms with Crippen molar-refractivity contribution in [3.8, 4) is 5.75 Å². The molecule has 0 saturated carbocycles. The Balaban J connectivity index is 1.03. The summed E-state index contributed by atoms with van der Waals surface area (Å²) in [4.78, 5) is 29.3. The van der Waals surface area contributed by atoms with Gasteiger partial charge in [0, 0.05) is 48.0 Å². The van der Waals surface area contributed by atoms with Crippen LogP contribution in [0.25, 0.3) is 0 Å². The van der Waals surface area contributed by atoms with Gasteiger partial charge in [-0.05, 0) is 85.1 Å². The van der Waals surface area contributed by atoms with Crippen molar-refractivity contribution in [2.24, 2.45) is 0 Å². The summed E-state index contributed by atoms with van der Waals surface area (Å²) in [5.74, 6) is -0.575. The number of amides is 2. The molecule has 0 aliphatic carbocycles. The first-order chi connectivity index (χ1) is 23.4. The van der Waals surface area contributed by atoms with E-state index in [0.717, 1.165) is 37.8 Å². The number of anilines is 2. The highest BCUT2D eigenvalue weighted by atomic mass is 16.5. The number of nitrogens with zero attached hydrogens (tertiary/aromatic N) is 1. The number of hydrogen-bond donors (Lipinski definition) is 6. The molecule has 1 aromatic heterocycles. The summed E-state index contributed by atoms with van der Waals surface area (Å²) in [5, 5.41) is 38.2. The Kier molecular flexibility index (Phi) is 15.0. The molecule has 0 aliphatic heterocycles. The number of aliphatic hydroxyl groups is 2. The number of carbonyl (C=O) groups is 2. The third kappa shape index (κ3) is 12.2. The number of nitrogens with one attached hydrogen (secondary N) is 3. The molecule has 11 nitrogen and oxygen atoms in total. The average molecular weight is 657 g/mol. The van der Waals surface area contributed by atoms with Crippen LogP contribution in [0.2, 0.25) is 0 Å². The summed E-state index contributed by atoms with van der Waals surface area (Å²) in [6.07, 6.45) is 6.43. The minimum atomic E-state index is -0.702. The van der Waals surface area contributed by atoms with Gasteiger partial charge >= 0.3 is 0 Å². The number of aromatic nitrogens is 1. The third-order valence-electron chi connectivity index (χ3n) is 7.52. The van der Waals surface area contributed by atoms with Crippen LogP contribution in [0, 0.1) is 0 Å². The van der Waals surface area contributed by atoms with Gasteiger partial charge in [-0.2, -0.15) is 0 Å². The maximum absolute atomic E-state index is 12.9. The zero-order valence-corrected chi connectivity index (χ0v) is 26.9. The number of benzene rings is 3. The molecule has 1 heterocycles. The second kappa shape index (κ2) is 19.9. The van der Waals surface area contributed by atoms with Crippen molar-refractivity contribution in [3.05, 3.63) is 119 Å². The first kappa shape index (κ1) is 36.2. The van der Waals surface area contributed by atoms with E-state index < -0.39 is 6.10 Å². The van der Waals surface area contributed by atoms with Crippen molar-refractivity contribution in [2.75, 3.05) is 43.5 Å². The molecule has 0 bridgehead atoms. The quantitative estimate of drug-likeness (QED) is 0.0702. The van der Waals surface area contributed by atoms with E-state index in [2.05, 4.69) is 20.9 Å². The first-order valence-electron chi connectivity index (χ1n) is 16.1. The van der Waals surface area contributed by atoms with Crippen molar-refractivity contribution in [3.63, 3.8) is 0 Å². The number of aliphatic hydroxyl groups excluding tert-OH is 2. The minimum absolute atomic E-state index is 0.0239. The molecule has 0 fully saturated rings. The highest BCUT2D eigenvalue weighted by Crippen LogP contribution is 2.22. The molecule has 4 aromatic rings. The monoisotopic (exact) mass is 656 g/mol. The topological polar surface area (TPSA) is 162 Å². The highest BCUT2D eigenvalue weighted by Gasteiger charge is 2.11. The lowest BCUT2D eigenvalue weighted by molar-refractivity contribution is 0.0393. The predicted octanol–water partition coefficient (Wildman–Crippen LogP) is 5.20. The van der Waals surface area contributed by atoms with Crippen molar-refractivity contribution < 1.29 is 34.4 Å². The van der Waals surface area contributed by atoms with Crippen LogP contribution < -0.4 is 16.0 Å². The van der Waals surface area contributed by atoms with Crippen LogP contribution in [0.1, 0.15) is 69.2 Å². The predicted molar refractivity (Wildman–Crippen MR) is 184 cm³/mol. The van der Waals surface area contributed by atoms with Gasteiger partial charge in [0.05, 0.1) is 38.1 Å². The molecule has 1 atom stereocenters. The van der Waals surface area contributed by atoms with Gasteiger partial charge in [-0.3, -0.25) is 14.6 Å². The van der Waals surface area contributed by atoms with Gasteiger partial charge in [0.15, 0.2) is 0 Å². The standard InChI is InChI=1S/C37H44N4O7/c42-25-31-21-28(13-14-34(31)43)35(44)24-39-15-3-1-2-4-17-47-18-19-48-26-27-8-5-11-32(20-27)40-36(45)29-9-6-12-33(22-29)41-37(46)30-10-7-16-38-23-30/h5-14,16,20-23,35,39,42-44H,1-4,15,17-19,24-26H2,(H,40,45)(H,41,46)/t35-/m0/s1. The average Bonchev–Trinajstić information content (AvgIpc) is 3.11. The summed E-state index contributed by atoms with van der Waals surface area (Å²) in [6.45, 7) is 2.94. The number of pyridine rings is 1. The minimum Gasteiger partial charge on any atom is -0.508 e. The van der Waals surface area contributed by atoms with Crippen LogP contribution in [-0.4, -0.2) is 65.0 Å². The molecule has 0 aliphatic rings. The summed E-state index contributed by atoms with van der Waals surface area (Å²) in [6, 6.07) is 22.3.